The van der Waals surface area contributed by atoms with Crippen LogP contribution >= 0.6 is 0 Å². The van der Waals surface area contributed by atoms with Gasteiger partial charge in [0.25, 0.3) is 10.1 Å². The zero-order valence-electron chi connectivity index (χ0n) is 37.3. The lowest BCUT2D eigenvalue weighted by Gasteiger charge is -2.11. The number of carbonyl (C=O) groups excluding carboxylic acids is 2. The molecule has 0 amide bonds. The maximum Gasteiger partial charge on any atom is 0.339 e. The van der Waals surface area contributed by atoms with Gasteiger partial charge in [-0.3, -0.25) is 4.55 Å². The Morgan fingerprint density at radius 3 is 1.07 bits per heavy atom. The summed E-state index contributed by atoms with van der Waals surface area (Å²) in [6.07, 6.45) is 50.9. The second-order valence-electron chi connectivity index (χ2n) is 16.5. The van der Waals surface area contributed by atoms with Gasteiger partial charge in [0.05, 0.1) is 29.2 Å². The van der Waals surface area contributed by atoms with E-state index in [9.17, 15) is 22.6 Å². The predicted molar refractivity (Wildman–Crippen MR) is 243 cm³/mol. The number of allylic oxidation sites excluding steroid dienone is 4. The van der Waals surface area contributed by atoms with Crippen LogP contribution in [0.4, 0.5) is 0 Å². The number of carbonyl (C=O) groups is 2. The Balaban J connectivity index is 2.18. The molecule has 0 aliphatic rings. The van der Waals surface area contributed by atoms with Gasteiger partial charge in [-0.15, -0.1) is 0 Å². The van der Waals surface area contributed by atoms with Gasteiger partial charge >= 0.3 is 11.9 Å². The number of esters is 2. The summed E-state index contributed by atoms with van der Waals surface area (Å²) in [4.78, 5) is 25.4. The van der Waals surface area contributed by atoms with E-state index in [0.29, 0.717) is 12.8 Å². The summed E-state index contributed by atoms with van der Waals surface area (Å²) in [7, 11) is -4.57. The number of unbranched alkanes of at least 4 members (excludes halogenated alkanes) is 30. The van der Waals surface area contributed by atoms with E-state index < -0.39 is 27.0 Å². The lowest BCUT2D eigenvalue weighted by atomic mass is 10.1. The maximum absolute atomic E-state index is 13.0. The minimum Gasteiger partial charge on any atom is -0.462 e. The molecule has 8 heteroatoms. The number of benzene rings is 1. The first kappa shape index (κ1) is 53.6. The van der Waals surface area contributed by atoms with E-state index in [4.69, 9.17) is 9.47 Å². The maximum atomic E-state index is 13.0. The molecular formula is C50H86O7S. The van der Waals surface area contributed by atoms with Crippen molar-refractivity contribution in [3.05, 3.63) is 53.6 Å². The van der Waals surface area contributed by atoms with Crippen molar-refractivity contribution in [3.63, 3.8) is 0 Å². The van der Waals surface area contributed by atoms with Gasteiger partial charge < -0.3 is 9.47 Å². The van der Waals surface area contributed by atoms with Crippen LogP contribution in [0.25, 0.3) is 0 Å². The Morgan fingerprint density at radius 2 is 0.741 bits per heavy atom. The standard InChI is InChI=1S/C50H86O7S/c1-3-5-7-9-11-13-15-17-19-21-23-25-27-29-31-33-35-37-39-43-56-49(51)47-42-41-46(58(53,54)55)45-48(47)50(52)57-44-40-38-36-34-32-30-28-26-24-22-20-18-16-14-12-10-8-6-4-2/h21-24,41-42,45H,3-20,25-40,43-44H2,1-2H3,(H,53,54,55)/b23-21+,24-22+. The van der Waals surface area contributed by atoms with Gasteiger partial charge in [0, 0.05) is 0 Å². The molecule has 0 aliphatic heterocycles. The molecular weight excluding hydrogens is 745 g/mol. The summed E-state index contributed by atoms with van der Waals surface area (Å²) in [5, 5.41) is 0. The summed E-state index contributed by atoms with van der Waals surface area (Å²) in [5.74, 6) is -1.50. The van der Waals surface area contributed by atoms with Crippen LogP contribution in [0.15, 0.2) is 47.4 Å². The smallest absolute Gasteiger partial charge is 0.339 e. The quantitative estimate of drug-likeness (QED) is 0.0303. The molecule has 0 unspecified atom stereocenters. The number of rotatable bonds is 41. The summed E-state index contributed by atoms with van der Waals surface area (Å²) in [6.45, 7) is 4.91. The van der Waals surface area contributed by atoms with Crippen molar-refractivity contribution < 1.29 is 32.0 Å². The fraction of sp³-hybridized carbons (Fsp3) is 0.760. The molecule has 1 rings (SSSR count). The topological polar surface area (TPSA) is 107 Å². The van der Waals surface area contributed by atoms with Crippen molar-refractivity contribution in [2.75, 3.05) is 13.2 Å². The van der Waals surface area contributed by atoms with Gasteiger partial charge in [0.2, 0.25) is 0 Å². The second kappa shape index (κ2) is 38.7. The molecule has 0 aliphatic carbocycles. The van der Waals surface area contributed by atoms with Gasteiger partial charge in [-0.1, -0.05) is 192 Å². The Hall–Kier alpha value is -2.45. The van der Waals surface area contributed by atoms with Gasteiger partial charge in [-0.05, 0) is 82.4 Å². The van der Waals surface area contributed by atoms with E-state index in [-0.39, 0.29) is 24.3 Å². The predicted octanol–water partition coefficient (Wildman–Crippen LogP) is 15.7. The van der Waals surface area contributed by atoms with Gasteiger partial charge in [0.15, 0.2) is 0 Å². The first-order valence-electron chi connectivity index (χ1n) is 24.1. The van der Waals surface area contributed by atoms with Crippen molar-refractivity contribution in [2.24, 2.45) is 0 Å². The number of hydrogen-bond acceptors (Lipinski definition) is 6. The van der Waals surface area contributed by atoms with Crippen molar-refractivity contribution in [1.82, 2.24) is 0 Å². The third kappa shape index (κ3) is 31.5. The van der Waals surface area contributed by atoms with Crippen molar-refractivity contribution >= 4 is 22.1 Å². The van der Waals surface area contributed by atoms with Crippen LogP contribution in [-0.4, -0.2) is 38.1 Å². The van der Waals surface area contributed by atoms with Crippen molar-refractivity contribution in [2.45, 2.75) is 237 Å². The Morgan fingerprint density at radius 1 is 0.448 bits per heavy atom. The zero-order chi connectivity index (χ0) is 42.2. The van der Waals surface area contributed by atoms with Crippen LogP contribution in [-0.2, 0) is 19.6 Å². The van der Waals surface area contributed by atoms with Gasteiger partial charge in [-0.25, -0.2) is 9.59 Å². The van der Waals surface area contributed by atoms with E-state index in [1.807, 2.05) is 0 Å². The molecule has 7 nitrogen and oxygen atoms in total. The molecule has 0 spiro atoms. The minimum absolute atomic E-state index is 0.0627. The van der Waals surface area contributed by atoms with E-state index >= 15 is 0 Å². The molecule has 1 N–H and O–H groups in total. The van der Waals surface area contributed by atoms with Crippen LogP contribution in [0, 0.1) is 0 Å². The van der Waals surface area contributed by atoms with Crippen LogP contribution in [0.5, 0.6) is 0 Å². The zero-order valence-corrected chi connectivity index (χ0v) is 38.1. The van der Waals surface area contributed by atoms with Crippen molar-refractivity contribution in [1.29, 1.82) is 0 Å². The molecule has 58 heavy (non-hydrogen) atoms. The molecule has 1 aromatic carbocycles. The largest absolute Gasteiger partial charge is 0.462 e. The Kier molecular flexibility index (Phi) is 35.8. The van der Waals surface area contributed by atoms with E-state index in [2.05, 4.69) is 38.2 Å². The molecule has 0 saturated heterocycles. The third-order valence-corrected chi connectivity index (χ3v) is 11.9. The minimum atomic E-state index is -4.57. The Labute approximate surface area is 356 Å². The molecule has 0 atom stereocenters. The van der Waals surface area contributed by atoms with E-state index in [1.165, 1.54) is 160 Å². The normalized spacial score (nSPS) is 11.9. The average Bonchev–Trinajstić information content (AvgIpc) is 3.21. The van der Waals surface area contributed by atoms with Gasteiger partial charge in [-0.2, -0.15) is 8.42 Å². The fourth-order valence-electron chi connectivity index (χ4n) is 7.28. The summed E-state index contributed by atoms with van der Waals surface area (Å²) < 4.78 is 44.0. The molecule has 0 radical (unpaired) electrons. The van der Waals surface area contributed by atoms with E-state index in [0.717, 1.165) is 63.5 Å². The Bertz CT molecular complexity index is 1300. The lowest BCUT2D eigenvalue weighted by Crippen LogP contribution is -2.16. The fourth-order valence-corrected chi connectivity index (χ4v) is 7.78. The molecule has 0 aromatic heterocycles. The molecule has 0 fully saturated rings. The summed E-state index contributed by atoms with van der Waals surface area (Å²) in [5.41, 5.74) is -0.276. The molecule has 0 bridgehead atoms. The highest BCUT2D eigenvalue weighted by molar-refractivity contribution is 7.85. The number of ether oxygens (including phenoxy) is 2. The molecule has 0 saturated carbocycles. The lowest BCUT2D eigenvalue weighted by molar-refractivity contribution is 0.0450. The van der Waals surface area contributed by atoms with Crippen LogP contribution in [0.3, 0.4) is 0 Å². The van der Waals surface area contributed by atoms with Crippen molar-refractivity contribution in [3.8, 4) is 0 Å². The summed E-state index contributed by atoms with van der Waals surface area (Å²) in [6, 6.07) is 3.30. The molecule has 1 aromatic rings. The highest BCUT2D eigenvalue weighted by atomic mass is 32.2. The average molecular weight is 831 g/mol. The number of hydrogen-bond donors (Lipinski definition) is 1. The molecule has 0 heterocycles. The van der Waals surface area contributed by atoms with Gasteiger partial charge in [0.1, 0.15) is 0 Å². The highest BCUT2D eigenvalue weighted by Gasteiger charge is 2.23. The molecule has 334 valence electrons. The highest BCUT2D eigenvalue weighted by Crippen LogP contribution is 2.20. The first-order chi connectivity index (χ1) is 28.3. The monoisotopic (exact) mass is 831 g/mol. The van der Waals surface area contributed by atoms with Crippen LogP contribution in [0.2, 0.25) is 0 Å². The summed E-state index contributed by atoms with van der Waals surface area (Å²) >= 11 is 0. The second-order valence-corrected chi connectivity index (χ2v) is 17.9. The first-order valence-corrected chi connectivity index (χ1v) is 25.5. The van der Waals surface area contributed by atoms with E-state index in [1.54, 1.807) is 0 Å². The van der Waals surface area contributed by atoms with Crippen LogP contribution < -0.4 is 0 Å². The third-order valence-electron chi connectivity index (χ3n) is 11.0. The SMILES string of the molecule is CCCCCCCCCC/C=C/CCCCCCCCCOC(=O)c1ccc(S(=O)(=O)O)cc1C(=O)OCCCCCCCCC/C=C/CCCCCCCCCC. The van der Waals surface area contributed by atoms with Crippen LogP contribution in [0.1, 0.15) is 253 Å².